The normalized spacial score (nSPS) is 15.7. The van der Waals surface area contributed by atoms with E-state index in [1.807, 2.05) is 13.8 Å². The van der Waals surface area contributed by atoms with Crippen molar-refractivity contribution >= 4 is 0 Å². The molecule has 1 heteroatoms. The Labute approximate surface area is 76.5 Å². The summed E-state index contributed by atoms with van der Waals surface area (Å²) in [7, 11) is 0. The molecule has 0 aromatic heterocycles. The van der Waals surface area contributed by atoms with Crippen LogP contribution in [0.2, 0.25) is 0 Å². The summed E-state index contributed by atoms with van der Waals surface area (Å²) >= 11 is 0. The minimum atomic E-state index is -0.186. The molecule has 2 atom stereocenters. The van der Waals surface area contributed by atoms with Crippen LogP contribution in [0.3, 0.4) is 0 Å². The lowest BCUT2D eigenvalue weighted by Crippen LogP contribution is -2.17. The molecule has 12 heavy (non-hydrogen) atoms. The van der Waals surface area contributed by atoms with E-state index in [4.69, 9.17) is 0 Å². The van der Waals surface area contributed by atoms with Gasteiger partial charge in [0.15, 0.2) is 0 Å². The smallest absolute Gasteiger partial charge is 0.0602 e. The first kappa shape index (κ1) is 11.7. The summed E-state index contributed by atoms with van der Waals surface area (Å²) in [5.74, 6) is 0.252. The van der Waals surface area contributed by atoms with Crippen LogP contribution in [0.4, 0.5) is 0 Å². The van der Waals surface area contributed by atoms with Crippen molar-refractivity contribution < 1.29 is 5.11 Å². The molecule has 1 nitrogen and oxygen atoms in total. The minimum Gasteiger partial charge on any atom is -0.393 e. The molecule has 0 saturated carbocycles. The highest BCUT2D eigenvalue weighted by molar-refractivity contribution is 4.96. The molecule has 0 aliphatic rings. The van der Waals surface area contributed by atoms with Crippen LogP contribution in [0.5, 0.6) is 0 Å². The summed E-state index contributed by atoms with van der Waals surface area (Å²) in [6.45, 7) is 10.0. The number of aliphatic hydroxyl groups excluding tert-OH is 1. The Balaban J connectivity index is 3.56. The highest BCUT2D eigenvalue weighted by atomic mass is 16.3. The van der Waals surface area contributed by atoms with Crippen LogP contribution in [0.25, 0.3) is 0 Å². The molecule has 0 rings (SSSR count). The molecule has 0 fully saturated rings. The van der Waals surface area contributed by atoms with E-state index in [-0.39, 0.29) is 12.0 Å². The summed E-state index contributed by atoms with van der Waals surface area (Å²) in [4.78, 5) is 0. The van der Waals surface area contributed by atoms with Crippen LogP contribution in [-0.4, -0.2) is 11.2 Å². The lowest BCUT2D eigenvalue weighted by Gasteiger charge is -2.18. The second-order valence-corrected chi connectivity index (χ2v) is 3.70. The van der Waals surface area contributed by atoms with Crippen molar-refractivity contribution in [3.63, 3.8) is 0 Å². The molecule has 0 bridgehead atoms. The first-order valence-corrected chi connectivity index (χ1v) is 4.93. The third-order valence-corrected chi connectivity index (χ3v) is 2.46. The summed E-state index contributed by atoms with van der Waals surface area (Å²) in [5, 5.41) is 9.65. The van der Waals surface area contributed by atoms with Crippen LogP contribution >= 0.6 is 0 Å². The zero-order valence-corrected chi connectivity index (χ0v) is 8.64. The Bertz CT molecular complexity index is 129. The summed E-state index contributed by atoms with van der Waals surface area (Å²) in [6.07, 6.45) is 4.31. The van der Waals surface area contributed by atoms with E-state index < -0.39 is 0 Å². The zero-order valence-electron chi connectivity index (χ0n) is 8.64. The van der Waals surface area contributed by atoms with Gasteiger partial charge in [0.2, 0.25) is 0 Å². The number of rotatable bonds is 6. The maximum absolute atomic E-state index is 9.65. The molecule has 0 saturated heterocycles. The molecule has 72 valence electrons. The molecule has 0 unspecified atom stereocenters. The Morgan fingerprint density at radius 2 is 2.00 bits per heavy atom. The molecule has 0 aromatic carbocycles. The van der Waals surface area contributed by atoms with Gasteiger partial charge in [-0.05, 0) is 13.3 Å². The molecule has 0 heterocycles. The van der Waals surface area contributed by atoms with Crippen molar-refractivity contribution in [2.75, 3.05) is 0 Å². The van der Waals surface area contributed by atoms with Crippen molar-refractivity contribution in [2.45, 2.75) is 52.6 Å². The average molecular weight is 170 g/mol. The number of hydrogen-bond donors (Lipinski definition) is 1. The van der Waals surface area contributed by atoms with Gasteiger partial charge < -0.3 is 5.11 Å². The standard InChI is InChI=1S/C11H22O/c1-5-6-7-8-11(12)10(4)9(2)3/h10-12H,2,5-8H2,1,3-4H3/t10-,11-/m0/s1. The highest BCUT2D eigenvalue weighted by Crippen LogP contribution is 2.17. The van der Waals surface area contributed by atoms with E-state index in [1.165, 1.54) is 12.8 Å². The molecule has 0 spiro atoms. The summed E-state index contributed by atoms with van der Waals surface area (Å²) in [5.41, 5.74) is 1.08. The highest BCUT2D eigenvalue weighted by Gasteiger charge is 2.13. The SMILES string of the molecule is C=C(C)[C@H](C)[C@@H](O)CCCCC. The van der Waals surface area contributed by atoms with Gasteiger partial charge in [-0.25, -0.2) is 0 Å². The van der Waals surface area contributed by atoms with E-state index in [0.717, 1.165) is 18.4 Å². The summed E-state index contributed by atoms with van der Waals surface area (Å²) in [6, 6.07) is 0. The second kappa shape index (κ2) is 6.24. The van der Waals surface area contributed by atoms with Crippen LogP contribution < -0.4 is 0 Å². The summed E-state index contributed by atoms with van der Waals surface area (Å²) < 4.78 is 0. The number of aliphatic hydroxyl groups is 1. The maximum Gasteiger partial charge on any atom is 0.0602 e. The average Bonchev–Trinajstić information content (AvgIpc) is 2.03. The van der Waals surface area contributed by atoms with Crippen molar-refractivity contribution in [1.82, 2.24) is 0 Å². The van der Waals surface area contributed by atoms with E-state index in [1.54, 1.807) is 0 Å². The topological polar surface area (TPSA) is 20.2 Å². The maximum atomic E-state index is 9.65. The fourth-order valence-electron chi connectivity index (χ4n) is 1.18. The van der Waals surface area contributed by atoms with Gasteiger partial charge >= 0.3 is 0 Å². The van der Waals surface area contributed by atoms with E-state index in [2.05, 4.69) is 13.5 Å². The fourth-order valence-corrected chi connectivity index (χ4v) is 1.18. The Morgan fingerprint density at radius 3 is 2.42 bits per heavy atom. The van der Waals surface area contributed by atoms with E-state index in [9.17, 15) is 5.11 Å². The molecular weight excluding hydrogens is 148 g/mol. The van der Waals surface area contributed by atoms with Gasteiger partial charge in [0.25, 0.3) is 0 Å². The van der Waals surface area contributed by atoms with Gasteiger partial charge in [-0.2, -0.15) is 0 Å². The van der Waals surface area contributed by atoms with Gasteiger partial charge in [-0.3, -0.25) is 0 Å². The van der Waals surface area contributed by atoms with Crippen LogP contribution in [-0.2, 0) is 0 Å². The zero-order chi connectivity index (χ0) is 9.56. The third-order valence-electron chi connectivity index (χ3n) is 2.46. The van der Waals surface area contributed by atoms with Crippen molar-refractivity contribution in [1.29, 1.82) is 0 Å². The fraction of sp³-hybridized carbons (Fsp3) is 0.818. The van der Waals surface area contributed by atoms with Crippen LogP contribution in [0.1, 0.15) is 46.5 Å². The Hall–Kier alpha value is -0.300. The van der Waals surface area contributed by atoms with Gasteiger partial charge in [0, 0.05) is 5.92 Å². The molecular formula is C11H22O. The van der Waals surface area contributed by atoms with E-state index >= 15 is 0 Å². The second-order valence-electron chi connectivity index (χ2n) is 3.70. The quantitative estimate of drug-likeness (QED) is 0.479. The van der Waals surface area contributed by atoms with Crippen LogP contribution in [0, 0.1) is 5.92 Å². The van der Waals surface area contributed by atoms with Gasteiger partial charge in [-0.15, -0.1) is 0 Å². The van der Waals surface area contributed by atoms with Gasteiger partial charge in [0.1, 0.15) is 0 Å². The first-order valence-electron chi connectivity index (χ1n) is 4.93. The number of unbranched alkanes of at least 4 members (excludes halogenated alkanes) is 2. The predicted octanol–water partition coefficient (Wildman–Crippen LogP) is 3.14. The molecule has 0 aliphatic heterocycles. The van der Waals surface area contributed by atoms with Crippen molar-refractivity contribution in [3.05, 3.63) is 12.2 Å². The van der Waals surface area contributed by atoms with E-state index in [0.29, 0.717) is 0 Å². The number of hydrogen-bond acceptors (Lipinski definition) is 1. The molecule has 0 aromatic rings. The first-order chi connectivity index (χ1) is 5.59. The Morgan fingerprint density at radius 1 is 1.42 bits per heavy atom. The monoisotopic (exact) mass is 170 g/mol. The predicted molar refractivity (Wildman–Crippen MR) is 54.1 cm³/mol. The molecule has 0 amide bonds. The third kappa shape index (κ3) is 4.55. The van der Waals surface area contributed by atoms with Gasteiger partial charge in [0.05, 0.1) is 6.10 Å². The van der Waals surface area contributed by atoms with Crippen molar-refractivity contribution in [3.8, 4) is 0 Å². The molecule has 1 N–H and O–H groups in total. The minimum absolute atomic E-state index is 0.186. The van der Waals surface area contributed by atoms with Gasteiger partial charge in [-0.1, -0.05) is 45.3 Å². The Kier molecular flexibility index (Phi) is 6.09. The molecule has 0 radical (unpaired) electrons. The lowest BCUT2D eigenvalue weighted by molar-refractivity contribution is 0.120. The van der Waals surface area contributed by atoms with Crippen LogP contribution in [0.15, 0.2) is 12.2 Å². The van der Waals surface area contributed by atoms with Crippen molar-refractivity contribution in [2.24, 2.45) is 5.92 Å². The largest absolute Gasteiger partial charge is 0.393 e. The lowest BCUT2D eigenvalue weighted by atomic mass is 9.94. The molecule has 0 aliphatic carbocycles.